The Bertz CT molecular complexity index is 781. The number of hydrogen-bond acceptors (Lipinski definition) is 3. The molecule has 3 nitrogen and oxygen atoms in total. The zero-order valence-corrected chi connectivity index (χ0v) is 11.0. The molecule has 20 heavy (non-hydrogen) atoms. The molecule has 1 aromatic heterocycles. The highest BCUT2D eigenvalue weighted by Gasteiger charge is 2.08. The Morgan fingerprint density at radius 3 is 2.60 bits per heavy atom. The van der Waals surface area contributed by atoms with Gasteiger partial charge in [-0.05, 0) is 29.1 Å². The van der Waals surface area contributed by atoms with Crippen LogP contribution in [-0.4, -0.2) is 18.4 Å². The number of ether oxygens (including phenoxy) is 1. The van der Waals surface area contributed by atoms with Crippen molar-refractivity contribution in [3.63, 3.8) is 0 Å². The van der Waals surface area contributed by atoms with E-state index in [4.69, 9.17) is 4.74 Å². The molecule has 98 valence electrons. The number of aromatic nitrogens is 1. The monoisotopic (exact) mass is 263 g/mol. The molecule has 0 saturated carbocycles. The van der Waals surface area contributed by atoms with E-state index in [1.165, 1.54) is 0 Å². The number of rotatable bonds is 3. The summed E-state index contributed by atoms with van der Waals surface area (Å²) in [5.41, 5.74) is 2.54. The van der Waals surface area contributed by atoms with Gasteiger partial charge in [-0.3, -0.25) is 9.78 Å². The molecule has 1 heterocycles. The van der Waals surface area contributed by atoms with Crippen molar-refractivity contribution in [3.8, 4) is 16.9 Å². The molecule has 0 amide bonds. The quantitative estimate of drug-likeness (QED) is 0.676. The van der Waals surface area contributed by atoms with Gasteiger partial charge in [-0.25, -0.2) is 0 Å². The van der Waals surface area contributed by atoms with Crippen LogP contribution in [0.2, 0.25) is 0 Å². The smallest absolute Gasteiger partial charge is 0.151 e. The maximum absolute atomic E-state index is 10.9. The standard InChI is InChI=1S/C17H13NO2/c1-20-17-7-6-14(15-4-2-3-5-16(15)17)13-8-12(11-19)9-18-10-13/h2-11H,1H3. The van der Waals surface area contributed by atoms with E-state index >= 15 is 0 Å². The molecular formula is C17H13NO2. The number of hydrogen-bond donors (Lipinski definition) is 0. The number of pyridine rings is 1. The van der Waals surface area contributed by atoms with Crippen molar-refractivity contribution >= 4 is 17.1 Å². The second-order valence-electron chi connectivity index (χ2n) is 4.49. The van der Waals surface area contributed by atoms with Crippen molar-refractivity contribution in [2.75, 3.05) is 7.11 Å². The second-order valence-corrected chi connectivity index (χ2v) is 4.49. The third-order valence-corrected chi connectivity index (χ3v) is 3.31. The lowest BCUT2D eigenvalue weighted by Crippen LogP contribution is -1.89. The number of fused-ring (bicyclic) bond motifs is 1. The van der Waals surface area contributed by atoms with Gasteiger partial charge >= 0.3 is 0 Å². The zero-order valence-electron chi connectivity index (χ0n) is 11.0. The fourth-order valence-electron chi connectivity index (χ4n) is 2.37. The van der Waals surface area contributed by atoms with Gasteiger partial charge in [0.05, 0.1) is 7.11 Å². The maximum atomic E-state index is 10.9. The lowest BCUT2D eigenvalue weighted by Gasteiger charge is -2.10. The molecule has 3 heteroatoms. The summed E-state index contributed by atoms with van der Waals surface area (Å²) in [7, 11) is 1.66. The minimum Gasteiger partial charge on any atom is -0.496 e. The highest BCUT2D eigenvalue weighted by Crippen LogP contribution is 2.34. The van der Waals surface area contributed by atoms with Gasteiger partial charge in [0.25, 0.3) is 0 Å². The SMILES string of the molecule is COc1ccc(-c2cncc(C=O)c2)c2ccccc12. The normalized spacial score (nSPS) is 10.4. The molecule has 3 rings (SSSR count). The van der Waals surface area contributed by atoms with Crippen molar-refractivity contribution in [2.45, 2.75) is 0 Å². The average molecular weight is 263 g/mol. The van der Waals surface area contributed by atoms with Crippen LogP contribution in [0.15, 0.2) is 54.9 Å². The summed E-state index contributed by atoms with van der Waals surface area (Å²) in [4.78, 5) is 15.0. The summed E-state index contributed by atoms with van der Waals surface area (Å²) in [5, 5.41) is 2.13. The molecular weight excluding hydrogens is 250 g/mol. The van der Waals surface area contributed by atoms with E-state index in [0.717, 1.165) is 33.9 Å². The largest absolute Gasteiger partial charge is 0.496 e. The summed E-state index contributed by atoms with van der Waals surface area (Å²) < 4.78 is 5.39. The molecule has 0 N–H and O–H groups in total. The van der Waals surface area contributed by atoms with Gasteiger partial charge in [0.15, 0.2) is 6.29 Å². The van der Waals surface area contributed by atoms with E-state index in [0.29, 0.717) is 5.56 Å². The van der Waals surface area contributed by atoms with Gasteiger partial charge < -0.3 is 4.74 Å². The van der Waals surface area contributed by atoms with Gasteiger partial charge in [0, 0.05) is 28.9 Å². The van der Waals surface area contributed by atoms with E-state index < -0.39 is 0 Å². The zero-order chi connectivity index (χ0) is 13.9. The Labute approximate surface area is 116 Å². The first-order valence-corrected chi connectivity index (χ1v) is 6.30. The summed E-state index contributed by atoms with van der Waals surface area (Å²) >= 11 is 0. The third kappa shape index (κ3) is 2.03. The first-order chi connectivity index (χ1) is 9.83. The Balaban J connectivity index is 2.28. The van der Waals surface area contributed by atoms with Crippen molar-refractivity contribution in [1.29, 1.82) is 0 Å². The summed E-state index contributed by atoms with van der Waals surface area (Å²) in [5.74, 6) is 0.837. The summed E-state index contributed by atoms with van der Waals surface area (Å²) in [6.07, 6.45) is 4.13. The second kappa shape index (κ2) is 5.13. The van der Waals surface area contributed by atoms with Crippen LogP contribution < -0.4 is 4.74 Å². The van der Waals surface area contributed by atoms with Crippen LogP contribution in [0.3, 0.4) is 0 Å². The number of nitrogens with zero attached hydrogens (tertiary/aromatic N) is 1. The van der Waals surface area contributed by atoms with Crippen LogP contribution in [-0.2, 0) is 0 Å². The minimum atomic E-state index is 0.572. The van der Waals surface area contributed by atoms with Crippen LogP contribution >= 0.6 is 0 Å². The molecule has 3 aromatic rings. The van der Waals surface area contributed by atoms with Gasteiger partial charge in [0.2, 0.25) is 0 Å². The van der Waals surface area contributed by atoms with Crippen LogP contribution in [0.5, 0.6) is 5.75 Å². The minimum absolute atomic E-state index is 0.572. The highest BCUT2D eigenvalue weighted by molar-refractivity contribution is 6.00. The van der Waals surface area contributed by atoms with Gasteiger partial charge in [-0.2, -0.15) is 0 Å². The average Bonchev–Trinajstić information content (AvgIpc) is 2.54. The molecule has 0 aliphatic carbocycles. The predicted octanol–water partition coefficient (Wildman–Crippen LogP) is 3.72. The summed E-state index contributed by atoms with van der Waals surface area (Å²) in [6.45, 7) is 0. The van der Waals surface area contributed by atoms with Gasteiger partial charge in [-0.15, -0.1) is 0 Å². The number of benzene rings is 2. The van der Waals surface area contributed by atoms with E-state index in [-0.39, 0.29) is 0 Å². The third-order valence-electron chi connectivity index (χ3n) is 3.31. The highest BCUT2D eigenvalue weighted by atomic mass is 16.5. The molecule has 0 radical (unpaired) electrons. The summed E-state index contributed by atoms with van der Waals surface area (Å²) in [6, 6.07) is 13.8. The van der Waals surface area contributed by atoms with E-state index in [1.54, 1.807) is 19.5 Å². The van der Waals surface area contributed by atoms with Crippen LogP contribution in [0, 0.1) is 0 Å². The van der Waals surface area contributed by atoms with Crippen molar-refractivity contribution in [2.24, 2.45) is 0 Å². The Hall–Kier alpha value is -2.68. The van der Waals surface area contributed by atoms with Crippen LogP contribution in [0.4, 0.5) is 0 Å². The van der Waals surface area contributed by atoms with Crippen molar-refractivity contribution in [1.82, 2.24) is 4.98 Å². The van der Waals surface area contributed by atoms with E-state index in [1.807, 2.05) is 42.5 Å². The number of aldehydes is 1. The molecule has 0 saturated heterocycles. The molecule has 2 aromatic carbocycles. The molecule has 0 fully saturated rings. The lowest BCUT2D eigenvalue weighted by molar-refractivity contribution is 0.112. The Kier molecular flexibility index (Phi) is 3.17. The molecule has 0 bridgehead atoms. The molecule has 0 atom stereocenters. The maximum Gasteiger partial charge on any atom is 0.151 e. The first-order valence-electron chi connectivity index (χ1n) is 6.30. The molecule has 0 aliphatic rings. The fraction of sp³-hybridized carbons (Fsp3) is 0.0588. The number of methoxy groups -OCH3 is 1. The topological polar surface area (TPSA) is 39.2 Å². The Morgan fingerprint density at radius 2 is 1.85 bits per heavy atom. The first kappa shape index (κ1) is 12.4. The molecule has 0 aliphatic heterocycles. The lowest BCUT2D eigenvalue weighted by atomic mass is 9.98. The van der Waals surface area contributed by atoms with Crippen molar-refractivity contribution in [3.05, 3.63) is 60.4 Å². The van der Waals surface area contributed by atoms with Crippen molar-refractivity contribution < 1.29 is 9.53 Å². The molecule has 0 spiro atoms. The van der Waals surface area contributed by atoms with E-state index in [9.17, 15) is 4.79 Å². The number of carbonyl (C=O) groups excluding carboxylic acids is 1. The predicted molar refractivity (Wildman–Crippen MR) is 79.1 cm³/mol. The van der Waals surface area contributed by atoms with Crippen LogP contribution in [0.25, 0.3) is 21.9 Å². The molecule has 0 unspecified atom stereocenters. The number of carbonyl (C=O) groups is 1. The van der Waals surface area contributed by atoms with Gasteiger partial charge in [-0.1, -0.05) is 24.3 Å². The fourth-order valence-corrected chi connectivity index (χ4v) is 2.37. The van der Waals surface area contributed by atoms with Gasteiger partial charge in [0.1, 0.15) is 5.75 Å². The van der Waals surface area contributed by atoms with E-state index in [2.05, 4.69) is 4.98 Å². The Morgan fingerprint density at radius 1 is 1.05 bits per heavy atom. The van der Waals surface area contributed by atoms with Crippen LogP contribution in [0.1, 0.15) is 10.4 Å².